The number of pyridine rings is 1. The van der Waals surface area contributed by atoms with Crippen LogP contribution in [-0.2, 0) is 6.42 Å². The van der Waals surface area contributed by atoms with Gasteiger partial charge in [0.05, 0.1) is 4.90 Å². The maximum absolute atomic E-state index is 11.2. The number of H-pyrrole nitrogens is 1. The van der Waals surface area contributed by atoms with E-state index in [1.54, 1.807) is 0 Å². The first kappa shape index (κ1) is 8.37. The first-order valence-corrected chi connectivity index (χ1v) is 4.78. The summed E-state index contributed by atoms with van der Waals surface area (Å²) in [4.78, 5) is 24.9. The third kappa shape index (κ3) is 1.16. The van der Waals surface area contributed by atoms with Crippen molar-refractivity contribution in [1.82, 2.24) is 4.98 Å². The minimum atomic E-state index is -0.506. The first-order valence-electron chi connectivity index (χ1n) is 3.80. The fourth-order valence-corrected chi connectivity index (χ4v) is 2.41. The number of aromatic hydroxyl groups is 1. The van der Waals surface area contributed by atoms with E-state index in [1.165, 1.54) is 11.8 Å². The smallest absolute Gasteiger partial charge is 0.262 e. The lowest BCUT2D eigenvalue weighted by Gasteiger charge is -2.02. The molecule has 0 radical (unpaired) electrons. The molecule has 0 bridgehead atoms. The molecule has 0 spiro atoms. The predicted octanol–water partition coefficient (Wildman–Crippen LogP) is 0.541. The molecule has 4 nitrogen and oxygen atoms in total. The summed E-state index contributed by atoms with van der Waals surface area (Å²) >= 11 is 1.45. The van der Waals surface area contributed by atoms with E-state index >= 15 is 0 Å². The standard InChI is InChI=1S/C8H7NO3S/c10-3-4-6(11)7-5(1-2-13-7)9-8(4)12/h3H,1-2H2,(H2,9,11,12). The Kier molecular flexibility index (Phi) is 1.88. The van der Waals surface area contributed by atoms with Gasteiger partial charge in [0, 0.05) is 11.4 Å². The molecule has 0 amide bonds. The Morgan fingerprint density at radius 3 is 3.00 bits per heavy atom. The van der Waals surface area contributed by atoms with Gasteiger partial charge in [0.15, 0.2) is 6.29 Å². The summed E-state index contributed by atoms with van der Waals surface area (Å²) in [6, 6.07) is 0. The van der Waals surface area contributed by atoms with Crippen molar-refractivity contribution in [2.45, 2.75) is 11.3 Å². The topological polar surface area (TPSA) is 70.2 Å². The van der Waals surface area contributed by atoms with Crippen LogP contribution in [0.15, 0.2) is 9.69 Å². The third-order valence-corrected chi connectivity index (χ3v) is 3.11. The number of nitrogens with one attached hydrogen (secondary N) is 1. The molecule has 1 aromatic rings. The van der Waals surface area contributed by atoms with Gasteiger partial charge in [-0.15, -0.1) is 11.8 Å². The molecule has 0 saturated carbocycles. The summed E-state index contributed by atoms with van der Waals surface area (Å²) in [6.45, 7) is 0. The number of aryl methyl sites for hydroxylation is 1. The van der Waals surface area contributed by atoms with E-state index in [4.69, 9.17) is 0 Å². The minimum absolute atomic E-state index is 0.170. The van der Waals surface area contributed by atoms with Gasteiger partial charge in [-0.2, -0.15) is 0 Å². The second kappa shape index (κ2) is 2.92. The van der Waals surface area contributed by atoms with Gasteiger partial charge in [-0.05, 0) is 6.42 Å². The summed E-state index contributed by atoms with van der Waals surface area (Å²) < 4.78 is 0. The molecule has 0 aromatic carbocycles. The van der Waals surface area contributed by atoms with Gasteiger partial charge >= 0.3 is 0 Å². The molecule has 2 heterocycles. The SMILES string of the molecule is O=Cc1c(O)c2c([nH]c1=O)CCS2. The van der Waals surface area contributed by atoms with Crippen molar-refractivity contribution in [3.63, 3.8) is 0 Å². The van der Waals surface area contributed by atoms with Crippen LogP contribution >= 0.6 is 11.8 Å². The number of aromatic nitrogens is 1. The molecular weight excluding hydrogens is 190 g/mol. The third-order valence-electron chi connectivity index (χ3n) is 1.97. The molecular formula is C8H7NO3S. The maximum Gasteiger partial charge on any atom is 0.262 e. The monoisotopic (exact) mass is 197 g/mol. The number of aromatic amines is 1. The van der Waals surface area contributed by atoms with Gasteiger partial charge in [0.25, 0.3) is 5.56 Å². The molecule has 1 aliphatic rings. The molecule has 0 fully saturated rings. The Bertz CT molecular complexity index is 424. The molecule has 68 valence electrons. The average molecular weight is 197 g/mol. The number of carbonyl (C=O) groups excluding carboxylic acids is 1. The van der Waals surface area contributed by atoms with Crippen LogP contribution in [-0.4, -0.2) is 22.1 Å². The second-order valence-electron chi connectivity index (χ2n) is 2.74. The van der Waals surface area contributed by atoms with Gasteiger partial charge in [0.1, 0.15) is 11.3 Å². The van der Waals surface area contributed by atoms with Crippen LogP contribution < -0.4 is 5.56 Å². The van der Waals surface area contributed by atoms with E-state index in [2.05, 4.69) is 4.98 Å². The number of fused-ring (bicyclic) bond motifs is 1. The van der Waals surface area contributed by atoms with Crippen molar-refractivity contribution in [1.29, 1.82) is 0 Å². The highest BCUT2D eigenvalue weighted by atomic mass is 32.2. The highest BCUT2D eigenvalue weighted by molar-refractivity contribution is 7.99. The quantitative estimate of drug-likeness (QED) is 0.645. The lowest BCUT2D eigenvalue weighted by molar-refractivity contribution is 0.111. The summed E-state index contributed by atoms with van der Waals surface area (Å²) in [5, 5.41) is 9.52. The van der Waals surface area contributed by atoms with Crippen molar-refractivity contribution in [3.05, 3.63) is 21.6 Å². The minimum Gasteiger partial charge on any atom is -0.506 e. The lowest BCUT2D eigenvalue weighted by atomic mass is 10.2. The Hall–Kier alpha value is -1.23. The van der Waals surface area contributed by atoms with Gasteiger partial charge in [-0.3, -0.25) is 9.59 Å². The average Bonchev–Trinajstić information content (AvgIpc) is 2.53. The van der Waals surface area contributed by atoms with Gasteiger partial charge < -0.3 is 10.1 Å². The van der Waals surface area contributed by atoms with Crippen molar-refractivity contribution < 1.29 is 9.90 Å². The fraction of sp³-hybridized carbons (Fsp3) is 0.250. The van der Waals surface area contributed by atoms with E-state index in [-0.39, 0.29) is 11.3 Å². The highest BCUT2D eigenvalue weighted by Crippen LogP contribution is 2.37. The number of rotatable bonds is 1. The zero-order valence-corrected chi connectivity index (χ0v) is 7.48. The van der Waals surface area contributed by atoms with Gasteiger partial charge in [-0.1, -0.05) is 0 Å². The normalized spacial score (nSPS) is 14.2. The molecule has 0 aliphatic carbocycles. The summed E-state index contributed by atoms with van der Waals surface area (Å²) in [7, 11) is 0. The second-order valence-corrected chi connectivity index (χ2v) is 3.85. The van der Waals surface area contributed by atoms with Crippen LogP contribution in [0, 0.1) is 0 Å². The first-order chi connectivity index (χ1) is 6.24. The molecule has 2 N–H and O–H groups in total. The van der Waals surface area contributed by atoms with Crippen molar-refractivity contribution >= 4 is 18.0 Å². The lowest BCUT2D eigenvalue weighted by Crippen LogP contribution is -2.14. The van der Waals surface area contributed by atoms with Crippen molar-refractivity contribution in [2.24, 2.45) is 0 Å². The summed E-state index contributed by atoms with van der Waals surface area (Å²) in [6.07, 6.45) is 1.12. The van der Waals surface area contributed by atoms with Crippen LogP contribution in [0.2, 0.25) is 0 Å². The van der Waals surface area contributed by atoms with Gasteiger partial charge in [-0.25, -0.2) is 0 Å². The Labute approximate surface area is 78.0 Å². The largest absolute Gasteiger partial charge is 0.506 e. The molecule has 0 saturated heterocycles. The van der Waals surface area contributed by atoms with Crippen molar-refractivity contribution in [2.75, 3.05) is 5.75 Å². The molecule has 0 unspecified atom stereocenters. The van der Waals surface area contributed by atoms with Crippen LogP contribution in [0.25, 0.3) is 0 Å². The molecule has 2 rings (SSSR count). The number of carbonyl (C=O) groups is 1. The summed E-state index contributed by atoms with van der Waals surface area (Å²) in [5.74, 6) is 0.664. The maximum atomic E-state index is 11.2. The van der Waals surface area contributed by atoms with E-state index in [0.29, 0.717) is 11.2 Å². The zero-order chi connectivity index (χ0) is 9.42. The van der Waals surface area contributed by atoms with E-state index in [0.717, 1.165) is 17.9 Å². The Morgan fingerprint density at radius 1 is 1.54 bits per heavy atom. The number of aldehydes is 1. The predicted molar refractivity (Wildman–Crippen MR) is 48.5 cm³/mol. The van der Waals surface area contributed by atoms with E-state index < -0.39 is 5.56 Å². The summed E-state index contributed by atoms with van der Waals surface area (Å²) in [5.41, 5.74) is 0.0556. The van der Waals surface area contributed by atoms with E-state index in [9.17, 15) is 14.7 Å². The highest BCUT2D eigenvalue weighted by Gasteiger charge is 2.20. The molecule has 1 aliphatic heterocycles. The van der Waals surface area contributed by atoms with Crippen LogP contribution in [0.5, 0.6) is 5.75 Å². The molecule has 0 atom stereocenters. The van der Waals surface area contributed by atoms with Crippen LogP contribution in [0.4, 0.5) is 0 Å². The fourth-order valence-electron chi connectivity index (χ4n) is 1.33. The molecule has 5 heteroatoms. The van der Waals surface area contributed by atoms with Crippen molar-refractivity contribution in [3.8, 4) is 5.75 Å². The van der Waals surface area contributed by atoms with Crippen LogP contribution in [0.3, 0.4) is 0 Å². The number of hydrogen-bond acceptors (Lipinski definition) is 4. The number of hydrogen-bond donors (Lipinski definition) is 2. The number of thioether (sulfide) groups is 1. The van der Waals surface area contributed by atoms with Gasteiger partial charge in [0.2, 0.25) is 0 Å². The Morgan fingerprint density at radius 2 is 2.31 bits per heavy atom. The van der Waals surface area contributed by atoms with Crippen LogP contribution in [0.1, 0.15) is 16.1 Å². The molecule has 1 aromatic heterocycles. The zero-order valence-electron chi connectivity index (χ0n) is 6.66. The molecule has 13 heavy (non-hydrogen) atoms. The Balaban J connectivity index is 2.76. The van der Waals surface area contributed by atoms with E-state index in [1.807, 2.05) is 0 Å².